The van der Waals surface area contributed by atoms with E-state index in [9.17, 15) is 14.4 Å². The topological polar surface area (TPSA) is 119 Å². The lowest BCUT2D eigenvalue weighted by Gasteiger charge is -2.14. The summed E-state index contributed by atoms with van der Waals surface area (Å²) in [6, 6.07) is 24.0. The molecule has 0 aliphatic carbocycles. The van der Waals surface area contributed by atoms with Crippen molar-refractivity contribution in [2.75, 3.05) is 24.9 Å². The summed E-state index contributed by atoms with van der Waals surface area (Å²) in [5.41, 5.74) is 1.42. The second-order valence-corrected chi connectivity index (χ2v) is 10.9. The largest absolute Gasteiger partial charge is 0.497 e. The van der Waals surface area contributed by atoms with Crippen LogP contribution < -0.4 is 25.4 Å². The number of hydrogen-bond donors (Lipinski definition) is 3. The Bertz CT molecular complexity index is 1630. The highest BCUT2D eigenvalue weighted by molar-refractivity contribution is 8.00. The lowest BCUT2D eigenvalue weighted by atomic mass is 10.1. The van der Waals surface area contributed by atoms with Gasteiger partial charge < -0.3 is 25.4 Å². The van der Waals surface area contributed by atoms with Crippen LogP contribution in [0, 0.1) is 0 Å². The second kappa shape index (κ2) is 14.9. The summed E-state index contributed by atoms with van der Waals surface area (Å²) in [4.78, 5) is 44.1. The summed E-state index contributed by atoms with van der Waals surface area (Å²) < 4.78 is 10.7. The fourth-order valence-electron chi connectivity index (χ4n) is 3.82. The highest BCUT2D eigenvalue weighted by Crippen LogP contribution is 2.28. The Labute approximate surface area is 258 Å². The average Bonchev–Trinajstić information content (AvgIpc) is 3.02. The standard InChI is InChI=1S/C32H29ClN4O5S/c1-20(30(38)37-29-15-13-23(33)19-34-29)43-26-11-7-10-24(17-26)35-32(40)27(36-31(39)21-8-5-4-6-9-21)16-22-12-14-25(41-2)18-28(22)42-3/h4-20H,1-3H3,(H,35,40)(H,36,39)(H,34,37,38)/b27-16+. The van der Waals surface area contributed by atoms with Crippen LogP contribution in [-0.2, 0) is 9.59 Å². The number of anilines is 2. The Morgan fingerprint density at radius 1 is 0.907 bits per heavy atom. The van der Waals surface area contributed by atoms with Gasteiger partial charge in [0.05, 0.1) is 24.5 Å². The highest BCUT2D eigenvalue weighted by atomic mass is 35.5. The first-order valence-corrected chi connectivity index (χ1v) is 14.3. The van der Waals surface area contributed by atoms with Crippen LogP contribution in [0.5, 0.6) is 11.5 Å². The van der Waals surface area contributed by atoms with Crippen LogP contribution in [0.15, 0.2) is 102 Å². The van der Waals surface area contributed by atoms with Crippen molar-refractivity contribution in [2.24, 2.45) is 0 Å². The molecule has 43 heavy (non-hydrogen) atoms. The molecule has 0 aliphatic rings. The molecule has 0 fully saturated rings. The number of pyridine rings is 1. The van der Waals surface area contributed by atoms with Crippen molar-refractivity contribution in [1.29, 1.82) is 0 Å². The number of hydrogen-bond acceptors (Lipinski definition) is 7. The minimum absolute atomic E-state index is 0.00131. The first-order valence-electron chi connectivity index (χ1n) is 13.1. The van der Waals surface area contributed by atoms with Crippen LogP contribution in [0.25, 0.3) is 6.08 Å². The number of nitrogens with one attached hydrogen (secondary N) is 3. The molecule has 1 aromatic heterocycles. The van der Waals surface area contributed by atoms with E-state index in [-0.39, 0.29) is 11.6 Å². The molecular formula is C32H29ClN4O5S. The van der Waals surface area contributed by atoms with E-state index in [1.807, 2.05) is 6.07 Å². The van der Waals surface area contributed by atoms with Gasteiger partial charge in [-0.25, -0.2) is 4.98 Å². The van der Waals surface area contributed by atoms with E-state index in [4.69, 9.17) is 21.1 Å². The highest BCUT2D eigenvalue weighted by Gasteiger charge is 2.18. The second-order valence-electron chi connectivity index (χ2n) is 9.08. The van der Waals surface area contributed by atoms with E-state index in [1.165, 1.54) is 31.1 Å². The third-order valence-corrected chi connectivity index (χ3v) is 7.34. The van der Waals surface area contributed by atoms with E-state index in [0.29, 0.717) is 39.2 Å². The zero-order valence-electron chi connectivity index (χ0n) is 23.6. The molecule has 1 heterocycles. The van der Waals surface area contributed by atoms with Crippen molar-refractivity contribution in [3.63, 3.8) is 0 Å². The number of amides is 3. The minimum Gasteiger partial charge on any atom is -0.497 e. The summed E-state index contributed by atoms with van der Waals surface area (Å²) in [6.07, 6.45) is 2.99. The average molecular weight is 617 g/mol. The van der Waals surface area contributed by atoms with E-state index in [2.05, 4.69) is 20.9 Å². The van der Waals surface area contributed by atoms with Crippen molar-refractivity contribution in [1.82, 2.24) is 10.3 Å². The number of aromatic nitrogens is 1. The van der Waals surface area contributed by atoms with Gasteiger partial charge >= 0.3 is 0 Å². The molecule has 0 bridgehead atoms. The Balaban J connectivity index is 1.53. The lowest BCUT2D eigenvalue weighted by molar-refractivity contribution is -0.115. The molecule has 4 aromatic rings. The van der Waals surface area contributed by atoms with E-state index in [1.54, 1.807) is 92.9 Å². The van der Waals surface area contributed by atoms with E-state index < -0.39 is 17.1 Å². The fraction of sp³-hybridized carbons (Fsp3) is 0.125. The molecule has 9 nitrogen and oxygen atoms in total. The first kappa shape index (κ1) is 31.1. The van der Waals surface area contributed by atoms with Gasteiger partial charge in [0.2, 0.25) is 5.91 Å². The first-order chi connectivity index (χ1) is 20.7. The number of thioether (sulfide) groups is 1. The molecule has 11 heteroatoms. The van der Waals surface area contributed by atoms with Gasteiger partial charge in [-0.05, 0) is 67.6 Å². The maximum absolute atomic E-state index is 13.5. The smallest absolute Gasteiger partial charge is 0.272 e. The lowest BCUT2D eigenvalue weighted by Crippen LogP contribution is -2.30. The van der Waals surface area contributed by atoms with Crippen LogP contribution in [0.1, 0.15) is 22.8 Å². The summed E-state index contributed by atoms with van der Waals surface area (Å²) in [5.74, 6) is 0.190. The Morgan fingerprint density at radius 2 is 1.70 bits per heavy atom. The zero-order chi connectivity index (χ0) is 30.8. The molecule has 220 valence electrons. The van der Waals surface area contributed by atoms with Crippen LogP contribution in [0.2, 0.25) is 5.02 Å². The molecule has 0 radical (unpaired) electrons. The minimum atomic E-state index is -0.552. The van der Waals surface area contributed by atoms with Crippen molar-refractivity contribution in [3.8, 4) is 11.5 Å². The Morgan fingerprint density at radius 3 is 2.40 bits per heavy atom. The van der Waals surface area contributed by atoms with Crippen LogP contribution in [0.4, 0.5) is 11.5 Å². The maximum atomic E-state index is 13.5. The van der Waals surface area contributed by atoms with Crippen molar-refractivity contribution >= 4 is 58.7 Å². The number of methoxy groups -OCH3 is 2. The number of ether oxygens (including phenoxy) is 2. The molecule has 0 saturated heterocycles. The van der Waals surface area contributed by atoms with E-state index in [0.717, 1.165) is 4.90 Å². The van der Waals surface area contributed by atoms with Gasteiger partial charge in [0.15, 0.2) is 0 Å². The summed E-state index contributed by atoms with van der Waals surface area (Å²) in [5, 5.41) is 8.33. The molecule has 4 rings (SSSR count). The fourth-order valence-corrected chi connectivity index (χ4v) is 4.85. The van der Waals surface area contributed by atoms with E-state index >= 15 is 0 Å². The van der Waals surface area contributed by atoms with Crippen LogP contribution in [-0.4, -0.2) is 42.2 Å². The molecule has 0 saturated carbocycles. The molecule has 0 spiro atoms. The predicted octanol–water partition coefficient (Wildman–Crippen LogP) is 6.28. The molecule has 3 N–H and O–H groups in total. The molecule has 1 atom stereocenters. The summed E-state index contributed by atoms with van der Waals surface area (Å²) in [7, 11) is 3.05. The molecule has 0 aliphatic heterocycles. The van der Waals surface area contributed by atoms with Gasteiger partial charge in [0, 0.05) is 34.0 Å². The number of rotatable bonds is 11. The molecule has 3 aromatic carbocycles. The summed E-state index contributed by atoms with van der Waals surface area (Å²) in [6.45, 7) is 1.77. The van der Waals surface area contributed by atoms with Gasteiger partial charge in [-0.15, -0.1) is 11.8 Å². The Kier molecular flexibility index (Phi) is 10.8. The third-order valence-electron chi connectivity index (χ3n) is 6.02. The van der Waals surface area contributed by atoms with Gasteiger partial charge in [0.1, 0.15) is 23.0 Å². The molecular weight excluding hydrogens is 588 g/mol. The van der Waals surface area contributed by atoms with Crippen molar-refractivity contribution in [2.45, 2.75) is 17.1 Å². The van der Waals surface area contributed by atoms with Gasteiger partial charge in [-0.3, -0.25) is 14.4 Å². The van der Waals surface area contributed by atoms with Crippen LogP contribution >= 0.6 is 23.4 Å². The zero-order valence-corrected chi connectivity index (χ0v) is 25.2. The third kappa shape index (κ3) is 8.84. The van der Waals surface area contributed by atoms with Gasteiger partial charge in [0.25, 0.3) is 11.8 Å². The van der Waals surface area contributed by atoms with Crippen LogP contribution in [0.3, 0.4) is 0 Å². The number of halogens is 1. The predicted molar refractivity (Wildman–Crippen MR) is 170 cm³/mol. The van der Waals surface area contributed by atoms with Gasteiger partial charge in [-0.1, -0.05) is 35.9 Å². The number of carbonyl (C=O) groups excluding carboxylic acids is 3. The maximum Gasteiger partial charge on any atom is 0.272 e. The normalized spacial score (nSPS) is 11.7. The van der Waals surface area contributed by atoms with Crippen molar-refractivity contribution < 1.29 is 23.9 Å². The molecule has 1 unspecified atom stereocenters. The van der Waals surface area contributed by atoms with Crippen molar-refractivity contribution in [3.05, 3.63) is 113 Å². The summed E-state index contributed by atoms with van der Waals surface area (Å²) >= 11 is 7.18. The number of benzene rings is 3. The monoisotopic (exact) mass is 616 g/mol. The quantitative estimate of drug-likeness (QED) is 0.134. The number of nitrogens with zero attached hydrogens (tertiary/aromatic N) is 1. The van der Waals surface area contributed by atoms with Gasteiger partial charge in [-0.2, -0.15) is 0 Å². The SMILES string of the molecule is COc1ccc(/C=C(/NC(=O)c2ccccc2)C(=O)Nc2cccc(SC(C)C(=O)Nc3ccc(Cl)cn3)c2)c(OC)c1. The number of carbonyl (C=O) groups is 3. The Hall–Kier alpha value is -4.80. The molecule has 3 amide bonds.